The summed E-state index contributed by atoms with van der Waals surface area (Å²) in [6.45, 7) is 0. The molecule has 0 fully saturated rings. The van der Waals surface area contributed by atoms with Crippen LogP contribution in [0.3, 0.4) is 0 Å². The van der Waals surface area contributed by atoms with E-state index in [1.165, 1.54) is 18.2 Å². The van der Waals surface area contributed by atoms with Crippen LogP contribution >= 0.6 is 0 Å². The van der Waals surface area contributed by atoms with Gasteiger partial charge in [-0.3, -0.25) is 0 Å². The van der Waals surface area contributed by atoms with Crippen LogP contribution in [0.15, 0.2) is 42.5 Å². The number of rotatable bonds is 1. The number of benzene rings is 2. The number of carbonyl (C=O) groups is 1. The molecule has 2 aromatic carbocycles. The Bertz CT molecular complexity index is 934. The van der Waals surface area contributed by atoms with E-state index < -0.39 is 11.8 Å². The van der Waals surface area contributed by atoms with Crippen molar-refractivity contribution >= 4 is 16.9 Å². The molecule has 1 aromatic heterocycles. The highest BCUT2D eigenvalue weighted by Gasteiger charge is 2.25. The average molecular weight is 293 g/mol. The van der Waals surface area contributed by atoms with Crippen LogP contribution in [0.2, 0.25) is 0 Å². The van der Waals surface area contributed by atoms with Crippen molar-refractivity contribution in [3.8, 4) is 11.3 Å². The lowest BCUT2D eigenvalue weighted by Crippen LogP contribution is -2.13. The predicted molar refractivity (Wildman–Crippen MR) is 81.5 cm³/mol. The van der Waals surface area contributed by atoms with Gasteiger partial charge >= 0.3 is 5.97 Å². The lowest BCUT2D eigenvalue weighted by atomic mass is 9.85. The van der Waals surface area contributed by atoms with Crippen LogP contribution in [0.25, 0.3) is 22.2 Å². The van der Waals surface area contributed by atoms with E-state index in [0.717, 1.165) is 23.1 Å². The number of carboxylic acids is 1. The number of aromatic nitrogens is 1. The fraction of sp³-hybridized carbons (Fsp3) is 0.111. The van der Waals surface area contributed by atoms with Crippen LogP contribution in [0.5, 0.6) is 0 Å². The number of nitrogens with zero attached hydrogens (tertiary/aromatic N) is 1. The molecule has 1 N–H and O–H groups in total. The van der Waals surface area contributed by atoms with E-state index in [4.69, 9.17) is 0 Å². The van der Waals surface area contributed by atoms with Gasteiger partial charge in [0.2, 0.25) is 0 Å². The van der Waals surface area contributed by atoms with Gasteiger partial charge in [0.05, 0.1) is 16.8 Å². The first-order valence-corrected chi connectivity index (χ1v) is 7.09. The summed E-state index contributed by atoms with van der Waals surface area (Å²) < 4.78 is 13.5. The Morgan fingerprint density at radius 2 is 1.95 bits per heavy atom. The molecule has 0 saturated carbocycles. The van der Waals surface area contributed by atoms with Crippen molar-refractivity contribution in [3.63, 3.8) is 0 Å². The van der Waals surface area contributed by atoms with Crippen molar-refractivity contribution < 1.29 is 14.3 Å². The van der Waals surface area contributed by atoms with Gasteiger partial charge in [-0.1, -0.05) is 24.3 Å². The highest BCUT2D eigenvalue weighted by atomic mass is 19.1. The number of halogens is 1. The third-order valence-corrected chi connectivity index (χ3v) is 4.18. The number of hydrogen-bond acceptors (Lipinski definition) is 2. The monoisotopic (exact) mass is 293 g/mol. The van der Waals surface area contributed by atoms with Crippen LogP contribution in [0.4, 0.5) is 4.39 Å². The topological polar surface area (TPSA) is 50.2 Å². The van der Waals surface area contributed by atoms with Crippen LogP contribution in [-0.2, 0) is 12.8 Å². The summed E-state index contributed by atoms with van der Waals surface area (Å²) in [4.78, 5) is 16.3. The summed E-state index contributed by atoms with van der Waals surface area (Å²) in [7, 11) is 0. The van der Waals surface area contributed by atoms with Crippen LogP contribution in [-0.4, -0.2) is 16.1 Å². The third kappa shape index (κ3) is 1.80. The van der Waals surface area contributed by atoms with Gasteiger partial charge in [-0.15, -0.1) is 0 Å². The van der Waals surface area contributed by atoms with Gasteiger partial charge in [0.25, 0.3) is 0 Å². The van der Waals surface area contributed by atoms with E-state index in [1.807, 2.05) is 24.3 Å². The fourth-order valence-corrected chi connectivity index (χ4v) is 3.22. The Labute approximate surface area is 126 Å². The first kappa shape index (κ1) is 13.0. The molecular weight excluding hydrogens is 281 g/mol. The molecule has 0 unspecified atom stereocenters. The number of hydrogen-bond donors (Lipinski definition) is 1. The zero-order valence-corrected chi connectivity index (χ0v) is 11.6. The van der Waals surface area contributed by atoms with E-state index >= 15 is 0 Å². The van der Waals surface area contributed by atoms with Gasteiger partial charge in [0.15, 0.2) is 0 Å². The molecule has 0 bridgehead atoms. The molecule has 3 nitrogen and oxygen atoms in total. The zero-order valence-electron chi connectivity index (χ0n) is 11.6. The first-order valence-electron chi connectivity index (χ1n) is 7.09. The average Bonchev–Trinajstić information content (AvgIpc) is 2.52. The number of pyridine rings is 1. The Morgan fingerprint density at radius 3 is 2.77 bits per heavy atom. The van der Waals surface area contributed by atoms with Crippen molar-refractivity contribution in [2.24, 2.45) is 0 Å². The zero-order chi connectivity index (χ0) is 15.3. The first-order chi connectivity index (χ1) is 10.6. The van der Waals surface area contributed by atoms with Gasteiger partial charge < -0.3 is 5.11 Å². The number of fused-ring (bicyclic) bond motifs is 4. The molecule has 0 aliphatic heterocycles. The second-order valence-corrected chi connectivity index (χ2v) is 5.44. The Morgan fingerprint density at radius 1 is 1.14 bits per heavy atom. The van der Waals surface area contributed by atoms with Crippen LogP contribution in [0, 0.1) is 5.82 Å². The minimum absolute atomic E-state index is 0.245. The number of aryl methyl sites for hydroxylation is 1. The summed E-state index contributed by atoms with van der Waals surface area (Å²) >= 11 is 0. The van der Waals surface area contributed by atoms with Crippen molar-refractivity contribution in [1.82, 2.24) is 4.98 Å². The summed E-state index contributed by atoms with van der Waals surface area (Å²) in [6, 6.07) is 11.9. The van der Waals surface area contributed by atoms with E-state index in [9.17, 15) is 14.3 Å². The van der Waals surface area contributed by atoms with Crippen molar-refractivity contribution in [2.45, 2.75) is 12.8 Å². The molecule has 22 heavy (non-hydrogen) atoms. The Kier molecular flexibility index (Phi) is 2.73. The van der Waals surface area contributed by atoms with Crippen LogP contribution < -0.4 is 0 Å². The lowest BCUT2D eigenvalue weighted by Gasteiger charge is -2.21. The highest BCUT2D eigenvalue weighted by molar-refractivity contribution is 6.06. The molecule has 0 atom stereocenters. The van der Waals surface area contributed by atoms with Crippen molar-refractivity contribution in [1.29, 1.82) is 0 Å². The molecule has 0 amide bonds. The molecular formula is C18H12FNO2. The molecule has 4 heteroatoms. The van der Waals surface area contributed by atoms with Gasteiger partial charge in [-0.2, -0.15) is 0 Å². The Hall–Kier alpha value is -2.75. The second-order valence-electron chi connectivity index (χ2n) is 5.44. The quantitative estimate of drug-likeness (QED) is 0.741. The van der Waals surface area contributed by atoms with Gasteiger partial charge in [0.1, 0.15) is 5.82 Å². The van der Waals surface area contributed by atoms with Crippen LogP contribution in [0.1, 0.15) is 21.5 Å². The second kappa shape index (κ2) is 4.63. The molecule has 4 rings (SSSR count). The summed E-state index contributed by atoms with van der Waals surface area (Å²) in [5.74, 6) is -1.41. The summed E-state index contributed by atoms with van der Waals surface area (Å²) in [5, 5.41) is 10.1. The van der Waals surface area contributed by atoms with E-state index in [1.54, 1.807) is 0 Å². The summed E-state index contributed by atoms with van der Waals surface area (Å²) in [6.07, 6.45) is 1.42. The minimum atomic E-state index is -0.991. The molecule has 1 aliphatic rings. The molecule has 1 aliphatic carbocycles. The van der Waals surface area contributed by atoms with Crippen molar-refractivity contribution in [3.05, 3.63) is 65.0 Å². The molecule has 0 radical (unpaired) electrons. The smallest absolute Gasteiger partial charge is 0.336 e. The Balaban J connectivity index is 2.15. The fourth-order valence-electron chi connectivity index (χ4n) is 3.22. The molecule has 1 heterocycles. The standard InChI is InChI=1S/C18H12FNO2/c19-11-6-8-13-15(9-11)20-17-12-4-2-1-3-10(12)5-7-14(17)16(13)18(21)22/h1-4,6,8-9H,5,7H2,(H,21,22). The number of carboxylic acid groups (broad SMARTS) is 1. The SMILES string of the molecule is O=C(O)c1c2c(nc3cc(F)ccc13)-c1ccccc1CC2. The van der Waals surface area contributed by atoms with Gasteiger partial charge in [-0.05, 0) is 36.1 Å². The summed E-state index contributed by atoms with van der Waals surface area (Å²) in [5.41, 5.74) is 4.12. The van der Waals surface area contributed by atoms with Crippen molar-refractivity contribution in [2.75, 3.05) is 0 Å². The highest BCUT2D eigenvalue weighted by Crippen LogP contribution is 2.36. The molecule has 0 spiro atoms. The molecule has 108 valence electrons. The maximum atomic E-state index is 13.5. The van der Waals surface area contributed by atoms with Gasteiger partial charge in [-0.25, -0.2) is 14.2 Å². The van der Waals surface area contributed by atoms with E-state index in [0.29, 0.717) is 23.0 Å². The lowest BCUT2D eigenvalue weighted by molar-refractivity contribution is 0.0698. The normalized spacial score (nSPS) is 12.8. The maximum Gasteiger partial charge on any atom is 0.336 e. The van der Waals surface area contributed by atoms with E-state index in [-0.39, 0.29) is 5.56 Å². The minimum Gasteiger partial charge on any atom is -0.478 e. The van der Waals surface area contributed by atoms with Gasteiger partial charge in [0, 0.05) is 17.0 Å². The maximum absolute atomic E-state index is 13.5. The largest absolute Gasteiger partial charge is 0.478 e. The molecule has 3 aromatic rings. The third-order valence-electron chi connectivity index (χ3n) is 4.18. The van der Waals surface area contributed by atoms with E-state index in [2.05, 4.69) is 4.98 Å². The number of aromatic carboxylic acids is 1. The molecule has 0 saturated heterocycles. The predicted octanol–water partition coefficient (Wildman–Crippen LogP) is 3.84.